The average Bonchev–Trinajstić information content (AvgIpc) is 2.01. The largest absolute Gasteiger partial charge is 1.00 e. The van der Waals surface area contributed by atoms with Gasteiger partial charge in [-0.2, -0.15) is 0 Å². The van der Waals surface area contributed by atoms with E-state index < -0.39 is 7.82 Å². The van der Waals surface area contributed by atoms with Crippen molar-refractivity contribution in [1.29, 1.82) is 0 Å². The molecule has 6 heteroatoms. The van der Waals surface area contributed by atoms with Gasteiger partial charge in [-0.3, -0.25) is 4.52 Å². The third-order valence-corrected chi connectivity index (χ3v) is 2.28. The van der Waals surface area contributed by atoms with Crippen LogP contribution in [-0.4, -0.2) is 16.4 Å². The molecule has 0 aliphatic carbocycles. The van der Waals surface area contributed by atoms with Crippen LogP contribution in [0, 0.1) is 0 Å². The van der Waals surface area contributed by atoms with Crippen LogP contribution in [0.15, 0.2) is 0 Å². The fourth-order valence-electron chi connectivity index (χ4n) is 1.07. The number of phosphoric acid groups is 1. The minimum atomic E-state index is -4.23. The van der Waals surface area contributed by atoms with Crippen molar-refractivity contribution in [3.05, 3.63) is 0 Å². The van der Waals surface area contributed by atoms with Crippen molar-refractivity contribution >= 4 is 7.82 Å². The molecule has 4 nitrogen and oxygen atoms in total. The van der Waals surface area contributed by atoms with Crippen LogP contribution in [0.4, 0.5) is 0 Å². The molecule has 0 aliphatic heterocycles. The number of rotatable bonds is 8. The van der Waals surface area contributed by atoms with Gasteiger partial charge in [0.2, 0.25) is 0 Å². The van der Waals surface area contributed by atoms with Crippen LogP contribution in [0.3, 0.4) is 0 Å². The van der Waals surface area contributed by atoms with Gasteiger partial charge in [-0.25, -0.2) is 4.57 Å². The molecule has 0 atom stereocenters. The molecular weight excluding hydrogens is 214 g/mol. The van der Waals surface area contributed by atoms with Gasteiger partial charge in [-0.05, 0) is 6.42 Å². The van der Waals surface area contributed by atoms with Crippen LogP contribution in [0.25, 0.3) is 0 Å². The van der Waals surface area contributed by atoms with E-state index in [0.717, 1.165) is 19.3 Å². The van der Waals surface area contributed by atoms with Crippen molar-refractivity contribution in [3.63, 3.8) is 0 Å². The molecule has 0 fully saturated rings. The van der Waals surface area contributed by atoms with Gasteiger partial charge in [0.25, 0.3) is 0 Å². The molecule has 0 heterocycles. The minimum Gasteiger partial charge on any atom is -1.00 e. The zero-order valence-corrected chi connectivity index (χ0v) is 12.0. The summed E-state index contributed by atoms with van der Waals surface area (Å²) in [7, 11) is -4.23. The monoisotopic (exact) mass is 234 g/mol. The van der Waals surface area contributed by atoms with E-state index in [1.807, 2.05) is 0 Å². The first-order chi connectivity index (χ1) is 6.06. The Balaban J connectivity index is -0.000000720. The van der Waals surface area contributed by atoms with E-state index in [0.29, 0.717) is 0 Å². The normalized spacial score (nSPS) is 11.1. The summed E-state index contributed by atoms with van der Waals surface area (Å²) in [5, 5.41) is 0. The van der Waals surface area contributed by atoms with Crippen molar-refractivity contribution in [2.75, 3.05) is 6.61 Å². The van der Waals surface area contributed by atoms with E-state index in [9.17, 15) is 4.57 Å². The predicted molar refractivity (Wildman–Crippen MR) is 52.5 cm³/mol. The zero-order chi connectivity index (χ0) is 10.2. The molecule has 0 saturated carbocycles. The van der Waals surface area contributed by atoms with E-state index in [-0.39, 0.29) is 37.6 Å². The Labute approximate surface area is 109 Å². The summed E-state index contributed by atoms with van der Waals surface area (Å²) < 4.78 is 14.5. The molecule has 0 bridgehead atoms. The van der Waals surface area contributed by atoms with Gasteiger partial charge in [-0.15, -0.1) is 0 Å². The third-order valence-electron chi connectivity index (χ3n) is 1.76. The molecule has 14 heavy (non-hydrogen) atoms. The number of hydrogen-bond acceptors (Lipinski definition) is 2. The van der Waals surface area contributed by atoms with Crippen LogP contribution in [0.2, 0.25) is 0 Å². The Kier molecular flexibility index (Phi) is 13.3. The Bertz CT molecular complexity index is 165. The van der Waals surface area contributed by atoms with Crippen molar-refractivity contribution < 1.29 is 49.9 Å². The predicted octanol–water partition coefficient (Wildman–Crippen LogP) is -0.427. The average molecular weight is 234 g/mol. The molecule has 0 aromatic heterocycles. The standard InChI is InChI=1S/C8H19O4P.Na.H/c1-2-3-4-5-6-7-8-12-13(9,10)11;;/h2-8H2,1H3,(H2,9,10,11);;/q;+1;-1. The van der Waals surface area contributed by atoms with Crippen LogP contribution in [0.1, 0.15) is 46.9 Å². The Morgan fingerprint density at radius 3 is 2.14 bits per heavy atom. The molecule has 0 radical (unpaired) electrons. The second kappa shape index (κ2) is 10.6. The van der Waals surface area contributed by atoms with E-state index in [4.69, 9.17) is 9.79 Å². The molecule has 0 spiro atoms. The molecular formula is C8H20NaO4P. The van der Waals surface area contributed by atoms with Gasteiger partial charge in [0.05, 0.1) is 6.61 Å². The van der Waals surface area contributed by atoms with E-state index >= 15 is 0 Å². The molecule has 0 amide bonds. The second-order valence-corrected chi connectivity index (χ2v) is 4.33. The van der Waals surface area contributed by atoms with Gasteiger partial charge in [0.1, 0.15) is 0 Å². The van der Waals surface area contributed by atoms with E-state index in [1.54, 1.807) is 0 Å². The minimum absolute atomic E-state index is 0. The first-order valence-electron chi connectivity index (χ1n) is 4.76. The molecule has 0 aliphatic rings. The number of hydrogen-bond donors (Lipinski definition) is 2. The summed E-state index contributed by atoms with van der Waals surface area (Å²) in [5.41, 5.74) is 0. The Hall–Kier alpha value is 1.11. The maximum atomic E-state index is 10.2. The van der Waals surface area contributed by atoms with Gasteiger partial charge < -0.3 is 11.2 Å². The summed E-state index contributed by atoms with van der Waals surface area (Å²) in [5.74, 6) is 0. The SMILES string of the molecule is CCCCCCCCOP(=O)(O)O.[H-].[Na+]. The smallest absolute Gasteiger partial charge is 1.00 e. The summed E-state index contributed by atoms with van der Waals surface area (Å²) in [6, 6.07) is 0. The molecule has 2 N–H and O–H groups in total. The fourth-order valence-corrected chi connectivity index (χ4v) is 1.43. The van der Waals surface area contributed by atoms with Crippen molar-refractivity contribution in [1.82, 2.24) is 0 Å². The summed E-state index contributed by atoms with van der Waals surface area (Å²) in [6.07, 6.45) is 6.48. The fraction of sp³-hybridized carbons (Fsp3) is 1.00. The summed E-state index contributed by atoms with van der Waals surface area (Å²) >= 11 is 0. The first-order valence-corrected chi connectivity index (χ1v) is 6.29. The molecule has 0 unspecified atom stereocenters. The topological polar surface area (TPSA) is 66.8 Å². The van der Waals surface area contributed by atoms with Crippen LogP contribution >= 0.6 is 7.82 Å². The van der Waals surface area contributed by atoms with Gasteiger partial charge in [-0.1, -0.05) is 39.0 Å². The van der Waals surface area contributed by atoms with Crippen LogP contribution in [-0.2, 0) is 9.09 Å². The zero-order valence-electron chi connectivity index (χ0n) is 10.1. The van der Waals surface area contributed by atoms with Crippen LogP contribution < -0.4 is 29.6 Å². The van der Waals surface area contributed by atoms with Gasteiger partial charge in [0.15, 0.2) is 0 Å². The van der Waals surface area contributed by atoms with E-state index in [2.05, 4.69) is 11.4 Å². The summed E-state index contributed by atoms with van der Waals surface area (Å²) in [6.45, 7) is 2.31. The maximum Gasteiger partial charge on any atom is 1.00 e. The second-order valence-electron chi connectivity index (χ2n) is 3.09. The Morgan fingerprint density at radius 1 is 1.14 bits per heavy atom. The maximum absolute atomic E-state index is 10.2. The summed E-state index contributed by atoms with van der Waals surface area (Å²) in [4.78, 5) is 16.7. The first kappa shape index (κ1) is 17.5. The Morgan fingerprint density at radius 2 is 1.64 bits per heavy atom. The van der Waals surface area contributed by atoms with E-state index in [1.165, 1.54) is 19.3 Å². The van der Waals surface area contributed by atoms with Crippen molar-refractivity contribution in [2.24, 2.45) is 0 Å². The van der Waals surface area contributed by atoms with Crippen molar-refractivity contribution in [2.45, 2.75) is 45.4 Å². The molecule has 0 rings (SSSR count). The van der Waals surface area contributed by atoms with Crippen LogP contribution in [0.5, 0.6) is 0 Å². The van der Waals surface area contributed by atoms with Crippen molar-refractivity contribution in [3.8, 4) is 0 Å². The third kappa shape index (κ3) is 15.6. The quantitative estimate of drug-likeness (QED) is 0.340. The number of unbranched alkanes of at least 4 members (excludes halogenated alkanes) is 5. The molecule has 0 aromatic carbocycles. The number of phosphoric ester groups is 1. The molecule has 0 saturated heterocycles. The molecule has 82 valence electrons. The van der Waals surface area contributed by atoms with Gasteiger partial charge in [0, 0.05) is 0 Å². The molecule has 0 aromatic rings. The van der Waals surface area contributed by atoms with Gasteiger partial charge >= 0.3 is 37.4 Å².